The number of ether oxygens (including phenoxy) is 1. The first-order chi connectivity index (χ1) is 10.5. The summed E-state index contributed by atoms with van der Waals surface area (Å²) < 4.78 is 5.81. The highest BCUT2D eigenvalue weighted by Crippen LogP contribution is 2.21. The number of hydrogen-bond acceptors (Lipinski definition) is 4. The third kappa shape index (κ3) is 3.85. The lowest BCUT2D eigenvalue weighted by Gasteiger charge is -2.16. The van der Waals surface area contributed by atoms with Crippen LogP contribution in [0.4, 0.5) is 0 Å². The number of benzene rings is 1. The van der Waals surface area contributed by atoms with E-state index in [0.29, 0.717) is 25.4 Å². The van der Waals surface area contributed by atoms with Gasteiger partial charge in [-0.3, -0.25) is 4.79 Å². The monoisotopic (exact) mass is 318 g/mol. The minimum absolute atomic E-state index is 0.0148. The number of rotatable bonds is 6. The standard InChI is InChI=1S/C17H22N2O2S/c1-5-19(6-2)17(20)14-11-22-16(18-14)10-21-15-8-7-12(3)9-13(15)4/h7-9,11H,5-6,10H2,1-4H3. The average Bonchev–Trinajstić information content (AvgIpc) is 2.96. The number of nitrogens with zero attached hydrogens (tertiary/aromatic N) is 2. The lowest BCUT2D eigenvalue weighted by Crippen LogP contribution is -2.30. The molecule has 0 unspecified atom stereocenters. The Morgan fingerprint density at radius 1 is 1.27 bits per heavy atom. The molecule has 1 amide bonds. The summed E-state index contributed by atoms with van der Waals surface area (Å²) in [5.41, 5.74) is 2.83. The van der Waals surface area contributed by atoms with Crippen LogP contribution in [-0.2, 0) is 6.61 Å². The van der Waals surface area contributed by atoms with Gasteiger partial charge >= 0.3 is 0 Å². The number of amides is 1. The van der Waals surface area contributed by atoms with Gasteiger partial charge in [0.15, 0.2) is 0 Å². The van der Waals surface area contributed by atoms with Crippen molar-refractivity contribution >= 4 is 17.2 Å². The highest BCUT2D eigenvalue weighted by Gasteiger charge is 2.16. The van der Waals surface area contributed by atoms with Crippen LogP contribution in [0.3, 0.4) is 0 Å². The Morgan fingerprint density at radius 3 is 2.64 bits per heavy atom. The fraction of sp³-hybridized carbons (Fsp3) is 0.412. The lowest BCUT2D eigenvalue weighted by molar-refractivity contribution is 0.0767. The molecule has 0 fully saturated rings. The molecule has 0 bridgehead atoms. The average molecular weight is 318 g/mol. The second-order valence-electron chi connectivity index (χ2n) is 5.16. The lowest BCUT2D eigenvalue weighted by atomic mass is 10.1. The van der Waals surface area contributed by atoms with Gasteiger partial charge in [0.1, 0.15) is 23.1 Å². The third-order valence-corrected chi connectivity index (χ3v) is 4.33. The van der Waals surface area contributed by atoms with Gasteiger partial charge in [-0.15, -0.1) is 11.3 Å². The zero-order valence-electron chi connectivity index (χ0n) is 13.5. The Labute approximate surface area is 135 Å². The fourth-order valence-electron chi connectivity index (χ4n) is 2.25. The van der Waals surface area contributed by atoms with E-state index < -0.39 is 0 Å². The number of aromatic nitrogens is 1. The van der Waals surface area contributed by atoms with Crippen molar-refractivity contribution in [2.45, 2.75) is 34.3 Å². The SMILES string of the molecule is CCN(CC)C(=O)c1csc(COc2ccc(C)cc2C)n1. The van der Waals surface area contributed by atoms with Crippen LogP contribution in [0.25, 0.3) is 0 Å². The molecule has 0 radical (unpaired) electrons. The van der Waals surface area contributed by atoms with Gasteiger partial charge in [-0.2, -0.15) is 0 Å². The maximum Gasteiger partial charge on any atom is 0.273 e. The Bertz CT molecular complexity index is 648. The van der Waals surface area contributed by atoms with Crippen molar-refractivity contribution in [3.05, 3.63) is 45.4 Å². The summed E-state index contributed by atoms with van der Waals surface area (Å²) in [6, 6.07) is 6.09. The molecule has 5 heteroatoms. The van der Waals surface area contributed by atoms with E-state index in [9.17, 15) is 4.79 Å². The molecule has 22 heavy (non-hydrogen) atoms. The maximum atomic E-state index is 12.2. The molecule has 0 saturated heterocycles. The number of carbonyl (C=O) groups is 1. The van der Waals surface area contributed by atoms with Crippen LogP contribution >= 0.6 is 11.3 Å². The smallest absolute Gasteiger partial charge is 0.273 e. The molecule has 0 atom stereocenters. The van der Waals surface area contributed by atoms with Crippen molar-refractivity contribution < 1.29 is 9.53 Å². The summed E-state index contributed by atoms with van der Waals surface area (Å²) in [6.45, 7) is 9.81. The van der Waals surface area contributed by atoms with Crippen LogP contribution in [0, 0.1) is 13.8 Å². The summed E-state index contributed by atoms with van der Waals surface area (Å²) in [7, 11) is 0. The molecule has 0 aliphatic heterocycles. The number of thiazole rings is 1. The van der Waals surface area contributed by atoms with Crippen molar-refractivity contribution in [2.75, 3.05) is 13.1 Å². The van der Waals surface area contributed by atoms with E-state index in [1.807, 2.05) is 32.9 Å². The highest BCUT2D eigenvalue weighted by atomic mass is 32.1. The molecule has 118 valence electrons. The largest absolute Gasteiger partial charge is 0.486 e. The van der Waals surface area contributed by atoms with Crippen LogP contribution in [0.1, 0.15) is 40.5 Å². The Balaban J connectivity index is 2.01. The second-order valence-corrected chi connectivity index (χ2v) is 6.10. The number of carbonyl (C=O) groups excluding carboxylic acids is 1. The molecule has 1 aromatic heterocycles. The second kappa shape index (κ2) is 7.40. The minimum atomic E-state index is -0.0148. The summed E-state index contributed by atoms with van der Waals surface area (Å²) in [5, 5.41) is 2.62. The molecule has 2 aromatic rings. The molecule has 0 aliphatic carbocycles. The van der Waals surface area contributed by atoms with Gasteiger partial charge in [-0.1, -0.05) is 17.7 Å². The van der Waals surface area contributed by atoms with E-state index in [2.05, 4.69) is 18.0 Å². The molecular formula is C17H22N2O2S. The first kappa shape index (κ1) is 16.5. The molecule has 0 aliphatic rings. The maximum absolute atomic E-state index is 12.2. The fourth-order valence-corrected chi connectivity index (χ4v) is 2.93. The number of aryl methyl sites for hydroxylation is 2. The van der Waals surface area contributed by atoms with Crippen molar-refractivity contribution in [2.24, 2.45) is 0 Å². The predicted molar refractivity (Wildman–Crippen MR) is 89.6 cm³/mol. The summed E-state index contributed by atoms with van der Waals surface area (Å²) in [5.74, 6) is 0.844. The third-order valence-electron chi connectivity index (χ3n) is 3.50. The number of hydrogen-bond donors (Lipinski definition) is 0. The molecule has 0 saturated carbocycles. The molecule has 0 N–H and O–H groups in total. The Morgan fingerprint density at radius 2 is 2.00 bits per heavy atom. The van der Waals surface area contributed by atoms with Gasteiger partial charge in [0.05, 0.1) is 0 Å². The molecule has 1 heterocycles. The summed E-state index contributed by atoms with van der Waals surface area (Å²) in [4.78, 5) is 18.4. The Kier molecular flexibility index (Phi) is 5.55. The minimum Gasteiger partial charge on any atom is -0.486 e. The van der Waals surface area contributed by atoms with Crippen molar-refractivity contribution in [1.82, 2.24) is 9.88 Å². The molecule has 1 aromatic carbocycles. The zero-order valence-corrected chi connectivity index (χ0v) is 14.4. The molecule has 0 spiro atoms. The first-order valence-electron chi connectivity index (χ1n) is 7.48. The van der Waals surface area contributed by atoms with E-state index in [4.69, 9.17) is 4.74 Å². The van der Waals surface area contributed by atoms with Crippen LogP contribution < -0.4 is 4.74 Å². The van der Waals surface area contributed by atoms with Crippen molar-refractivity contribution in [3.63, 3.8) is 0 Å². The van der Waals surface area contributed by atoms with Crippen molar-refractivity contribution in [1.29, 1.82) is 0 Å². The highest BCUT2D eigenvalue weighted by molar-refractivity contribution is 7.09. The van der Waals surface area contributed by atoms with E-state index >= 15 is 0 Å². The van der Waals surface area contributed by atoms with E-state index in [1.54, 1.807) is 10.3 Å². The zero-order chi connectivity index (χ0) is 16.1. The van der Waals surface area contributed by atoms with Gasteiger partial charge in [-0.25, -0.2) is 4.98 Å². The van der Waals surface area contributed by atoms with Crippen molar-refractivity contribution in [3.8, 4) is 5.75 Å². The van der Waals surface area contributed by atoms with Crippen LogP contribution in [-0.4, -0.2) is 28.9 Å². The molecular weight excluding hydrogens is 296 g/mol. The predicted octanol–water partition coefficient (Wildman–Crippen LogP) is 3.82. The van der Waals surface area contributed by atoms with Crippen LogP contribution in [0.2, 0.25) is 0 Å². The summed E-state index contributed by atoms with van der Waals surface area (Å²) in [6.07, 6.45) is 0. The molecule has 4 nitrogen and oxygen atoms in total. The van der Waals surface area contributed by atoms with E-state index in [0.717, 1.165) is 16.3 Å². The van der Waals surface area contributed by atoms with E-state index in [1.165, 1.54) is 16.9 Å². The van der Waals surface area contributed by atoms with Gasteiger partial charge in [0.25, 0.3) is 5.91 Å². The van der Waals surface area contributed by atoms with Crippen LogP contribution in [0.15, 0.2) is 23.6 Å². The molecule has 2 rings (SSSR count). The summed E-state index contributed by atoms with van der Waals surface area (Å²) >= 11 is 1.46. The quantitative estimate of drug-likeness (QED) is 0.813. The topological polar surface area (TPSA) is 42.4 Å². The van der Waals surface area contributed by atoms with Gasteiger partial charge in [0.2, 0.25) is 0 Å². The Hall–Kier alpha value is -1.88. The van der Waals surface area contributed by atoms with Gasteiger partial charge < -0.3 is 9.64 Å². The van der Waals surface area contributed by atoms with Gasteiger partial charge in [-0.05, 0) is 39.3 Å². The first-order valence-corrected chi connectivity index (χ1v) is 8.36. The van der Waals surface area contributed by atoms with Crippen LogP contribution in [0.5, 0.6) is 5.75 Å². The van der Waals surface area contributed by atoms with Gasteiger partial charge in [0, 0.05) is 18.5 Å². The van der Waals surface area contributed by atoms with E-state index in [-0.39, 0.29) is 5.91 Å². The normalized spacial score (nSPS) is 10.5.